The zero-order valence-corrected chi connectivity index (χ0v) is 12.3. The van der Waals surface area contributed by atoms with Crippen LogP contribution in [0.3, 0.4) is 0 Å². The van der Waals surface area contributed by atoms with E-state index in [4.69, 9.17) is 5.73 Å². The Morgan fingerprint density at radius 3 is 2.30 bits per heavy atom. The zero-order chi connectivity index (χ0) is 16.6. The van der Waals surface area contributed by atoms with Crippen LogP contribution < -0.4 is 5.73 Å². The molecular formula is C17H14F3N3. The van der Waals surface area contributed by atoms with E-state index in [1.165, 1.54) is 0 Å². The number of anilines is 1. The molecule has 1 aromatic heterocycles. The molecule has 3 nitrogen and oxygen atoms in total. The summed E-state index contributed by atoms with van der Waals surface area (Å²) in [5.74, 6) is -0.0332. The lowest BCUT2D eigenvalue weighted by atomic mass is 10.1. The van der Waals surface area contributed by atoms with E-state index >= 15 is 0 Å². The van der Waals surface area contributed by atoms with Crippen LogP contribution in [-0.4, -0.2) is 9.78 Å². The van der Waals surface area contributed by atoms with Gasteiger partial charge >= 0.3 is 6.18 Å². The Hall–Kier alpha value is -2.76. The first-order chi connectivity index (χ1) is 10.9. The number of hydrogen-bond acceptors (Lipinski definition) is 2. The molecule has 0 unspecified atom stereocenters. The van der Waals surface area contributed by atoms with Crippen molar-refractivity contribution in [1.29, 1.82) is 0 Å². The second kappa shape index (κ2) is 5.46. The van der Waals surface area contributed by atoms with Gasteiger partial charge in [0, 0.05) is 0 Å². The lowest BCUT2D eigenvalue weighted by Gasteiger charge is -2.07. The Kier molecular flexibility index (Phi) is 3.60. The molecular weight excluding hydrogens is 303 g/mol. The summed E-state index contributed by atoms with van der Waals surface area (Å²) in [5, 5.41) is 3.74. The fraction of sp³-hybridized carbons (Fsp3) is 0.118. The molecule has 0 radical (unpaired) electrons. The van der Waals surface area contributed by atoms with Gasteiger partial charge in [0.15, 0.2) is 5.69 Å². The van der Waals surface area contributed by atoms with Crippen LogP contribution in [0.25, 0.3) is 16.8 Å². The summed E-state index contributed by atoms with van der Waals surface area (Å²) in [7, 11) is 0. The number of alkyl halides is 3. The molecule has 1 heterocycles. The highest BCUT2D eigenvalue weighted by Gasteiger charge is 2.39. The molecule has 23 heavy (non-hydrogen) atoms. The lowest BCUT2D eigenvalue weighted by molar-refractivity contribution is -0.140. The zero-order valence-electron chi connectivity index (χ0n) is 12.3. The maximum absolute atomic E-state index is 13.4. The van der Waals surface area contributed by atoms with Crippen molar-refractivity contribution in [3.05, 3.63) is 65.9 Å². The standard InChI is InChI=1S/C17H14F3N3/c1-11-6-5-9-13(10-11)23-16(21)14(12-7-3-2-4-8-12)15(22-23)17(18,19)20/h2-10H,21H2,1H3. The number of hydrogen-bond donors (Lipinski definition) is 1. The predicted molar refractivity (Wildman–Crippen MR) is 83.2 cm³/mol. The monoisotopic (exact) mass is 317 g/mol. The molecule has 0 aliphatic heterocycles. The SMILES string of the molecule is Cc1cccc(-n2nc(C(F)(F)F)c(-c3ccccc3)c2N)c1. The Bertz CT molecular complexity index is 836. The van der Waals surface area contributed by atoms with Crippen LogP contribution in [0.1, 0.15) is 11.3 Å². The molecule has 3 rings (SSSR count). The van der Waals surface area contributed by atoms with Gasteiger partial charge in [-0.1, -0.05) is 42.5 Å². The molecule has 0 saturated carbocycles. The molecule has 3 aromatic rings. The molecule has 0 saturated heterocycles. The number of halogens is 3. The Morgan fingerprint density at radius 1 is 1.00 bits per heavy atom. The van der Waals surface area contributed by atoms with E-state index in [1.54, 1.807) is 48.5 Å². The fourth-order valence-electron chi connectivity index (χ4n) is 2.48. The van der Waals surface area contributed by atoms with Crippen molar-refractivity contribution in [1.82, 2.24) is 9.78 Å². The van der Waals surface area contributed by atoms with Gasteiger partial charge in [0.05, 0.1) is 11.3 Å². The van der Waals surface area contributed by atoms with Crippen LogP contribution >= 0.6 is 0 Å². The molecule has 0 aliphatic carbocycles. The van der Waals surface area contributed by atoms with E-state index in [9.17, 15) is 13.2 Å². The van der Waals surface area contributed by atoms with Crippen molar-refractivity contribution in [3.8, 4) is 16.8 Å². The Labute approximate surface area is 131 Å². The normalized spacial score (nSPS) is 11.7. The third-order valence-corrected chi connectivity index (χ3v) is 3.50. The van der Waals surface area contributed by atoms with E-state index in [-0.39, 0.29) is 11.4 Å². The molecule has 2 aromatic carbocycles. The minimum Gasteiger partial charge on any atom is -0.383 e. The fourth-order valence-corrected chi connectivity index (χ4v) is 2.48. The van der Waals surface area contributed by atoms with Crippen molar-refractivity contribution in [2.75, 3.05) is 5.73 Å². The van der Waals surface area contributed by atoms with E-state index in [0.29, 0.717) is 11.3 Å². The topological polar surface area (TPSA) is 43.8 Å². The summed E-state index contributed by atoms with van der Waals surface area (Å²) < 4.78 is 41.3. The highest BCUT2D eigenvalue weighted by Crippen LogP contribution is 2.40. The van der Waals surface area contributed by atoms with Gasteiger partial charge < -0.3 is 5.73 Å². The average Bonchev–Trinajstić information content (AvgIpc) is 2.86. The molecule has 0 fully saturated rings. The quantitative estimate of drug-likeness (QED) is 0.759. The summed E-state index contributed by atoms with van der Waals surface area (Å²) in [6.07, 6.45) is -4.59. The molecule has 118 valence electrons. The van der Waals surface area contributed by atoms with Gasteiger partial charge in [-0.05, 0) is 30.2 Å². The van der Waals surface area contributed by atoms with Crippen molar-refractivity contribution in [2.45, 2.75) is 13.1 Å². The number of aryl methyl sites for hydroxylation is 1. The predicted octanol–water partition coefficient (Wildman–Crippen LogP) is 4.45. The van der Waals surface area contributed by atoms with Crippen LogP contribution in [-0.2, 0) is 6.18 Å². The molecule has 0 atom stereocenters. The molecule has 0 bridgehead atoms. The maximum Gasteiger partial charge on any atom is 0.435 e. The minimum atomic E-state index is -4.59. The van der Waals surface area contributed by atoms with Gasteiger partial charge in [0.1, 0.15) is 5.82 Å². The number of nitrogens with zero attached hydrogens (tertiary/aromatic N) is 2. The smallest absolute Gasteiger partial charge is 0.383 e. The van der Waals surface area contributed by atoms with E-state index < -0.39 is 11.9 Å². The summed E-state index contributed by atoms with van der Waals surface area (Å²) in [4.78, 5) is 0. The number of aromatic nitrogens is 2. The molecule has 0 spiro atoms. The number of benzene rings is 2. The molecule has 0 aliphatic rings. The van der Waals surface area contributed by atoms with Crippen molar-refractivity contribution < 1.29 is 13.2 Å². The first kappa shape index (κ1) is 15.1. The maximum atomic E-state index is 13.4. The van der Waals surface area contributed by atoms with Crippen LogP contribution in [0.15, 0.2) is 54.6 Å². The van der Waals surface area contributed by atoms with Crippen LogP contribution in [0.2, 0.25) is 0 Å². The first-order valence-corrected chi connectivity index (χ1v) is 6.96. The van der Waals surface area contributed by atoms with E-state index in [2.05, 4.69) is 5.10 Å². The number of rotatable bonds is 2. The summed E-state index contributed by atoms with van der Waals surface area (Å²) in [6.45, 7) is 1.85. The van der Waals surface area contributed by atoms with Crippen molar-refractivity contribution in [3.63, 3.8) is 0 Å². The Balaban J connectivity index is 2.27. The van der Waals surface area contributed by atoms with E-state index in [0.717, 1.165) is 10.2 Å². The van der Waals surface area contributed by atoms with Gasteiger partial charge in [-0.2, -0.15) is 18.3 Å². The lowest BCUT2D eigenvalue weighted by Crippen LogP contribution is -2.08. The highest BCUT2D eigenvalue weighted by atomic mass is 19.4. The van der Waals surface area contributed by atoms with Crippen molar-refractivity contribution in [2.24, 2.45) is 0 Å². The highest BCUT2D eigenvalue weighted by molar-refractivity contribution is 5.78. The largest absolute Gasteiger partial charge is 0.435 e. The second-order valence-electron chi connectivity index (χ2n) is 5.22. The summed E-state index contributed by atoms with van der Waals surface area (Å²) >= 11 is 0. The molecule has 0 amide bonds. The number of nitrogen functional groups attached to an aromatic ring is 1. The Morgan fingerprint density at radius 2 is 1.70 bits per heavy atom. The van der Waals surface area contributed by atoms with Gasteiger partial charge in [0.25, 0.3) is 0 Å². The summed E-state index contributed by atoms with van der Waals surface area (Å²) in [6, 6.07) is 15.2. The first-order valence-electron chi connectivity index (χ1n) is 6.96. The molecule has 2 N–H and O–H groups in total. The molecule has 6 heteroatoms. The number of nitrogens with two attached hydrogens (primary N) is 1. The van der Waals surface area contributed by atoms with Gasteiger partial charge in [0.2, 0.25) is 0 Å². The average molecular weight is 317 g/mol. The minimum absolute atomic E-state index is 0.0332. The van der Waals surface area contributed by atoms with Gasteiger partial charge in [-0.15, -0.1) is 0 Å². The van der Waals surface area contributed by atoms with Gasteiger partial charge in [-0.25, -0.2) is 4.68 Å². The van der Waals surface area contributed by atoms with Crippen LogP contribution in [0.5, 0.6) is 0 Å². The van der Waals surface area contributed by atoms with Crippen molar-refractivity contribution >= 4 is 5.82 Å². The van der Waals surface area contributed by atoms with Crippen LogP contribution in [0.4, 0.5) is 19.0 Å². The van der Waals surface area contributed by atoms with Gasteiger partial charge in [-0.3, -0.25) is 0 Å². The third-order valence-electron chi connectivity index (χ3n) is 3.50. The third kappa shape index (κ3) is 2.79. The summed E-state index contributed by atoms with van der Waals surface area (Å²) in [5.41, 5.74) is 6.72. The van der Waals surface area contributed by atoms with Crippen LogP contribution in [0, 0.1) is 6.92 Å². The second-order valence-corrected chi connectivity index (χ2v) is 5.22. The van der Waals surface area contributed by atoms with E-state index in [1.807, 2.05) is 13.0 Å².